The molecule has 0 spiro atoms. The molecule has 0 aromatic rings. The number of hydrogen-bond donors (Lipinski definition) is 2. The molecule has 0 saturated carbocycles. The van der Waals surface area contributed by atoms with Gasteiger partial charge >= 0.3 is 0 Å². The summed E-state index contributed by atoms with van der Waals surface area (Å²) in [5.74, 6) is 0. The highest BCUT2D eigenvalue weighted by Crippen LogP contribution is 1.51. The maximum absolute atomic E-state index is 9.69. The highest BCUT2D eigenvalue weighted by Gasteiger charge is 1.79. The van der Waals surface area contributed by atoms with Crippen molar-refractivity contribution >= 4 is 6.29 Å². The molecule has 0 radical (unpaired) electrons. The molecule has 0 aliphatic rings. The highest BCUT2D eigenvalue weighted by molar-refractivity contribution is 5.51. The molecule has 0 aromatic carbocycles. The molecule has 0 atom stereocenters. The smallest absolute Gasteiger partial charge is 0.133 e. The van der Waals surface area contributed by atoms with E-state index in [1.54, 1.807) is 0 Å². The monoisotopic (exact) mass is 146 g/mol. The van der Waals surface area contributed by atoms with E-state index in [9.17, 15) is 4.79 Å². The molecule has 0 aromatic heterocycles. The second-order valence-corrected chi connectivity index (χ2v) is 1.47. The van der Waals surface area contributed by atoms with Crippen LogP contribution in [-0.4, -0.2) is 33.0 Å². The van der Waals surface area contributed by atoms with Crippen molar-refractivity contribution in [1.29, 1.82) is 0 Å². The van der Waals surface area contributed by atoms with Crippen LogP contribution in [0.3, 0.4) is 0 Å². The molecule has 0 aliphatic carbocycles. The van der Waals surface area contributed by atoms with Crippen molar-refractivity contribution in [3.05, 3.63) is 0 Å². The Morgan fingerprint density at radius 3 is 2.30 bits per heavy atom. The van der Waals surface area contributed by atoms with Gasteiger partial charge in [-0.15, -0.1) is 0 Å². The Hall–Kier alpha value is -0.410. The van der Waals surface area contributed by atoms with Gasteiger partial charge in [0.2, 0.25) is 0 Å². The Morgan fingerprint density at radius 2 is 1.90 bits per heavy atom. The summed E-state index contributed by atoms with van der Waals surface area (Å²) in [7, 11) is 1.88. The van der Waals surface area contributed by atoms with Crippen molar-refractivity contribution in [1.82, 2.24) is 10.6 Å². The molecular weight excluding hydrogens is 128 g/mol. The molecule has 0 fully saturated rings. The van der Waals surface area contributed by atoms with Crippen molar-refractivity contribution in [3.63, 3.8) is 0 Å². The number of rotatable bonds is 5. The molecule has 0 bridgehead atoms. The topological polar surface area (TPSA) is 41.1 Å². The van der Waals surface area contributed by atoms with Gasteiger partial charge in [0, 0.05) is 13.1 Å². The number of likely N-dealkylation sites (N-methyl/N-ethyl adjacent to an activating group) is 1. The number of nitrogens with one attached hydrogen (secondary N) is 2. The van der Waals surface area contributed by atoms with Crippen LogP contribution in [0.2, 0.25) is 0 Å². The number of carbonyl (C=O) groups is 1. The summed E-state index contributed by atoms with van der Waals surface area (Å²) < 4.78 is 0. The third-order valence-electron chi connectivity index (χ3n) is 0.779. The Labute approximate surface area is 63.2 Å². The van der Waals surface area contributed by atoms with E-state index in [0.717, 1.165) is 19.4 Å². The van der Waals surface area contributed by atoms with E-state index in [0.29, 0.717) is 6.54 Å². The molecule has 0 saturated heterocycles. The van der Waals surface area contributed by atoms with Gasteiger partial charge in [-0.05, 0) is 7.05 Å². The fraction of sp³-hybridized carbons (Fsp3) is 0.857. The normalized spacial score (nSPS) is 7.90. The lowest BCUT2D eigenvalue weighted by atomic mass is 10.6. The molecule has 3 nitrogen and oxygen atoms in total. The Morgan fingerprint density at radius 1 is 1.30 bits per heavy atom. The van der Waals surface area contributed by atoms with Crippen molar-refractivity contribution in [3.8, 4) is 0 Å². The van der Waals surface area contributed by atoms with Crippen LogP contribution < -0.4 is 10.6 Å². The lowest BCUT2D eigenvalue weighted by molar-refractivity contribution is -0.107. The highest BCUT2D eigenvalue weighted by atomic mass is 16.1. The number of hydrogen-bond acceptors (Lipinski definition) is 3. The van der Waals surface area contributed by atoms with Crippen molar-refractivity contribution in [2.45, 2.75) is 13.8 Å². The molecule has 0 amide bonds. The molecular formula is C7H18N2O. The molecule has 0 rings (SSSR count). The molecule has 62 valence electrons. The lowest BCUT2D eigenvalue weighted by Gasteiger charge is -1.96. The van der Waals surface area contributed by atoms with Gasteiger partial charge in [-0.1, -0.05) is 13.8 Å². The average molecular weight is 146 g/mol. The summed E-state index contributed by atoms with van der Waals surface area (Å²) in [5, 5.41) is 5.85. The van der Waals surface area contributed by atoms with Crippen LogP contribution in [0.1, 0.15) is 13.8 Å². The quantitative estimate of drug-likeness (QED) is 0.424. The van der Waals surface area contributed by atoms with E-state index in [2.05, 4.69) is 10.6 Å². The van der Waals surface area contributed by atoms with Crippen molar-refractivity contribution in [2.24, 2.45) is 0 Å². The van der Waals surface area contributed by atoms with Gasteiger partial charge < -0.3 is 15.4 Å². The van der Waals surface area contributed by atoms with E-state index >= 15 is 0 Å². The summed E-state index contributed by atoms with van der Waals surface area (Å²) in [6, 6.07) is 0. The average Bonchev–Trinajstić information content (AvgIpc) is 2.02. The minimum atomic E-state index is 0.460. The minimum absolute atomic E-state index is 0.460. The molecule has 0 unspecified atom stereocenters. The summed E-state index contributed by atoms with van der Waals surface area (Å²) in [6.07, 6.45) is 0.857. The first-order chi connectivity index (χ1) is 4.91. The summed E-state index contributed by atoms with van der Waals surface area (Å²) in [6.45, 7) is 6.23. The molecule has 3 heteroatoms. The predicted octanol–water partition coefficient (Wildman–Crippen LogP) is 0.0205. The van der Waals surface area contributed by atoms with Crippen molar-refractivity contribution < 1.29 is 4.79 Å². The van der Waals surface area contributed by atoms with Gasteiger partial charge in [0.1, 0.15) is 6.29 Å². The molecule has 0 aliphatic heterocycles. The Kier molecular flexibility index (Phi) is 19.5. The van der Waals surface area contributed by atoms with Crippen LogP contribution in [0.5, 0.6) is 0 Å². The molecule has 10 heavy (non-hydrogen) atoms. The van der Waals surface area contributed by atoms with E-state index < -0.39 is 0 Å². The zero-order valence-electron chi connectivity index (χ0n) is 7.11. The second kappa shape index (κ2) is 15.8. The van der Waals surface area contributed by atoms with Crippen LogP contribution in [0.15, 0.2) is 0 Å². The number of carbonyl (C=O) groups excluding carboxylic acids is 1. The van der Waals surface area contributed by atoms with Gasteiger partial charge in [0.15, 0.2) is 0 Å². The van der Waals surface area contributed by atoms with Gasteiger partial charge in [-0.3, -0.25) is 0 Å². The van der Waals surface area contributed by atoms with Crippen LogP contribution in [0, 0.1) is 0 Å². The van der Waals surface area contributed by atoms with Crippen LogP contribution in [-0.2, 0) is 4.79 Å². The maximum Gasteiger partial charge on any atom is 0.133 e. The van der Waals surface area contributed by atoms with Crippen molar-refractivity contribution in [2.75, 3.05) is 26.7 Å². The molecule has 0 heterocycles. The van der Waals surface area contributed by atoms with Gasteiger partial charge in [0.05, 0.1) is 6.54 Å². The van der Waals surface area contributed by atoms with E-state index in [1.807, 2.05) is 20.9 Å². The standard InChI is InChI=1S/C5H12N2O.C2H6/c1-6-2-3-7-4-5-8;1-2/h5-7H,2-4H2,1H3;1-2H3. The number of aldehydes is 1. The van der Waals surface area contributed by atoms with E-state index in [4.69, 9.17) is 0 Å². The Balaban J connectivity index is 0. The molecule has 2 N–H and O–H groups in total. The maximum atomic E-state index is 9.69. The van der Waals surface area contributed by atoms with E-state index in [-0.39, 0.29) is 0 Å². The first kappa shape index (κ1) is 12.3. The van der Waals surface area contributed by atoms with Gasteiger partial charge in [-0.2, -0.15) is 0 Å². The largest absolute Gasteiger partial charge is 0.318 e. The summed E-state index contributed by atoms with van der Waals surface area (Å²) in [5.41, 5.74) is 0. The Bertz CT molecular complexity index is 57.6. The second-order valence-electron chi connectivity index (χ2n) is 1.47. The first-order valence-corrected chi connectivity index (χ1v) is 3.70. The fourth-order valence-electron chi connectivity index (χ4n) is 0.374. The van der Waals surface area contributed by atoms with Crippen LogP contribution in [0.25, 0.3) is 0 Å². The first-order valence-electron chi connectivity index (χ1n) is 3.70. The van der Waals surface area contributed by atoms with E-state index in [1.165, 1.54) is 0 Å². The summed E-state index contributed by atoms with van der Waals surface area (Å²) >= 11 is 0. The predicted molar refractivity (Wildman–Crippen MR) is 44.2 cm³/mol. The van der Waals surface area contributed by atoms with Gasteiger partial charge in [0.25, 0.3) is 0 Å². The minimum Gasteiger partial charge on any atom is -0.318 e. The van der Waals surface area contributed by atoms with Crippen LogP contribution >= 0.6 is 0 Å². The van der Waals surface area contributed by atoms with Gasteiger partial charge in [-0.25, -0.2) is 0 Å². The van der Waals surface area contributed by atoms with Crippen LogP contribution in [0.4, 0.5) is 0 Å². The fourth-order valence-corrected chi connectivity index (χ4v) is 0.374. The zero-order valence-corrected chi connectivity index (χ0v) is 7.11. The third-order valence-corrected chi connectivity index (χ3v) is 0.779. The SMILES string of the molecule is CC.CNCCNCC=O. The lowest BCUT2D eigenvalue weighted by Crippen LogP contribution is -2.26. The zero-order chi connectivity index (χ0) is 8.24. The third kappa shape index (κ3) is 15.6. The summed E-state index contributed by atoms with van der Waals surface area (Å²) in [4.78, 5) is 9.69.